The number of urea groups is 1. The lowest BCUT2D eigenvalue weighted by molar-refractivity contribution is -0.913. The molecule has 0 saturated carbocycles. The summed E-state index contributed by atoms with van der Waals surface area (Å²) in [5.41, 5.74) is 0. The molecule has 0 spiro atoms. The first kappa shape index (κ1) is 13.0. The Bertz CT molecular complexity index is 248. The molecule has 92 valence electrons. The Balaban J connectivity index is 2.44. The number of imide groups is 1. The predicted molar refractivity (Wildman–Crippen MR) is 61.2 cm³/mol. The Morgan fingerprint density at radius 2 is 1.69 bits per heavy atom. The number of likely N-dealkylation sites (tertiary alicyclic amines) is 1. The van der Waals surface area contributed by atoms with E-state index < -0.39 is 6.03 Å². The highest BCUT2D eigenvalue weighted by molar-refractivity contribution is 5.96. The molecule has 1 aliphatic heterocycles. The van der Waals surface area contributed by atoms with Gasteiger partial charge >= 0.3 is 6.03 Å². The molecule has 5 nitrogen and oxygen atoms in total. The van der Waals surface area contributed by atoms with Gasteiger partial charge in [0.2, 0.25) is 0 Å². The molecule has 0 aliphatic carbocycles. The topological polar surface area (TPSA) is 62.6 Å². The minimum atomic E-state index is -0.425. The summed E-state index contributed by atoms with van der Waals surface area (Å²) in [5, 5.41) is 4.72. The smallest absolute Gasteiger partial charge is 0.321 e. The van der Waals surface area contributed by atoms with Crippen LogP contribution in [-0.4, -0.2) is 38.1 Å². The van der Waals surface area contributed by atoms with E-state index in [-0.39, 0.29) is 11.9 Å². The standard InChI is InChI=1S/C11H21N3O2/c1-9(10(15)13-11(16)12-2)14-7-5-3-4-6-8-14/h9H,3-8H2,1-2H3,(H2,12,13,15,16)/p+1/t9-/m1/s1. The minimum Gasteiger partial charge on any atom is -0.341 e. The van der Waals surface area contributed by atoms with Crippen LogP contribution >= 0.6 is 0 Å². The highest BCUT2D eigenvalue weighted by Gasteiger charge is 2.26. The third-order valence-electron chi connectivity index (χ3n) is 3.22. The molecule has 1 fully saturated rings. The highest BCUT2D eigenvalue weighted by Crippen LogP contribution is 2.00. The normalized spacial score (nSPS) is 19.6. The van der Waals surface area contributed by atoms with Gasteiger partial charge in [-0.15, -0.1) is 0 Å². The van der Waals surface area contributed by atoms with Crippen LogP contribution in [0.4, 0.5) is 4.79 Å². The van der Waals surface area contributed by atoms with Crippen molar-refractivity contribution in [2.24, 2.45) is 0 Å². The van der Waals surface area contributed by atoms with Crippen LogP contribution in [0.25, 0.3) is 0 Å². The van der Waals surface area contributed by atoms with E-state index in [9.17, 15) is 9.59 Å². The molecule has 0 unspecified atom stereocenters. The average Bonchev–Trinajstić information content (AvgIpc) is 2.56. The zero-order valence-electron chi connectivity index (χ0n) is 10.1. The average molecular weight is 228 g/mol. The summed E-state index contributed by atoms with van der Waals surface area (Å²) in [5.74, 6) is -0.184. The quantitative estimate of drug-likeness (QED) is 0.584. The summed E-state index contributed by atoms with van der Waals surface area (Å²) in [6, 6.07) is -0.568. The van der Waals surface area contributed by atoms with E-state index in [0.29, 0.717) is 0 Å². The van der Waals surface area contributed by atoms with Crippen LogP contribution in [0.1, 0.15) is 32.6 Å². The molecule has 16 heavy (non-hydrogen) atoms. The molecule has 3 amide bonds. The Kier molecular flexibility index (Phi) is 5.25. The van der Waals surface area contributed by atoms with Crippen molar-refractivity contribution in [1.29, 1.82) is 0 Å². The van der Waals surface area contributed by atoms with Gasteiger partial charge in [-0.2, -0.15) is 0 Å². The first-order valence-corrected chi connectivity index (χ1v) is 6.02. The Morgan fingerprint density at radius 1 is 1.12 bits per heavy atom. The van der Waals surface area contributed by atoms with Gasteiger partial charge in [0.25, 0.3) is 5.91 Å². The molecule has 0 aromatic rings. The van der Waals surface area contributed by atoms with Gasteiger partial charge in [0.05, 0.1) is 13.1 Å². The van der Waals surface area contributed by atoms with Crippen LogP contribution in [0.15, 0.2) is 0 Å². The SMILES string of the molecule is CNC(=O)NC(=O)[C@@H](C)[NH+]1CCCCCC1. The molecule has 5 heteroatoms. The maximum absolute atomic E-state index is 11.7. The van der Waals surface area contributed by atoms with E-state index >= 15 is 0 Å². The second kappa shape index (κ2) is 6.48. The van der Waals surface area contributed by atoms with Crippen molar-refractivity contribution in [3.8, 4) is 0 Å². The number of quaternary nitrogens is 1. The fourth-order valence-corrected chi connectivity index (χ4v) is 2.08. The second-order valence-electron chi connectivity index (χ2n) is 4.36. The van der Waals surface area contributed by atoms with Crippen LogP contribution in [-0.2, 0) is 4.79 Å². The summed E-state index contributed by atoms with van der Waals surface area (Å²) in [4.78, 5) is 24.0. The lowest BCUT2D eigenvalue weighted by atomic mass is 10.2. The van der Waals surface area contributed by atoms with Crippen molar-refractivity contribution < 1.29 is 14.5 Å². The Hall–Kier alpha value is -1.10. The monoisotopic (exact) mass is 228 g/mol. The lowest BCUT2D eigenvalue weighted by Gasteiger charge is -2.23. The molecular weight excluding hydrogens is 206 g/mol. The number of rotatable bonds is 2. The predicted octanol–water partition coefficient (Wildman–Crippen LogP) is -0.711. The third-order valence-corrected chi connectivity index (χ3v) is 3.22. The maximum atomic E-state index is 11.7. The first-order chi connectivity index (χ1) is 7.65. The van der Waals surface area contributed by atoms with Crippen LogP contribution in [0.5, 0.6) is 0 Å². The molecule has 1 atom stereocenters. The Labute approximate surface area is 96.6 Å². The zero-order valence-corrected chi connectivity index (χ0v) is 10.1. The van der Waals surface area contributed by atoms with E-state index in [2.05, 4.69) is 10.6 Å². The van der Waals surface area contributed by atoms with E-state index in [0.717, 1.165) is 13.1 Å². The van der Waals surface area contributed by atoms with Crippen LogP contribution in [0, 0.1) is 0 Å². The van der Waals surface area contributed by atoms with Gasteiger partial charge in [0.1, 0.15) is 0 Å². The number of carbonyl (C=O) groups is 2. The fourth-order valence-electron chi connectivity index (χ4n) is 2.08. The van der Waals surface area contributed by atoms with E-state index in [1.165, 1.54) is 37.6 Å². The van der Waals surface area contributed by atoms with Crippen LogP contribution in [0.2, 0.25) is 0 Å². The van der Waals surface area contributed by atoms with Crippen molar-refractivity contribution in [2.45, 2.75) is 38.6 Å². The molecule has 1 aliphatic rings. The number of hydrogen-bond acceptors (Lipinski definition) is 2. The summed E-state index contributed by atoms with van der Waals surface area (Å²) >= 11 is 0. The fraction of sp³-hybridized carbons (Fsp3) is 0.818. The number of hydrogen-bond donors (Lipinski definition) is 3. The van der Waals surface area contributed by atoms with Gasteiger partial charge in [-0.1, -0.05) is 0 Å². The summed E-state index contributed by atoms with van der Waals surface area (Å²) in [6.07, 6.45) is 4.86. The molecule has 0 radical (unpaired) electrons. The van der Waals surface area contributed by atoms with Crippen molar-refractivity contribution >= 4 is 11.9 Å². The Morgan fingerprint density at radius 3 is 2.19 bits per heavy atom. The zero-order chi connectivity index (χ0) is 12.0. The van der Waals surface area contributed by atoms with Crippen molar-refractivity contribution in [1.82, 2.24) is 10.6 Å². The van der Waals surface area contributed by atoms with Gasteiger partial charge in [-0.3, -0.25) is 10.1 Å². The van der Waals surface area contributed by atoms with Gasteiger partial charge < -0.3 is 10.2 Å². The minimum absolute atomic E-state index is 0.143. The molecule has 1 saturated heterocycles. The number of amides is 3. The molecule has 3 N–H and O–H groups in total. The summed E-state index contributed by atoms with van der Waals surface area (Å²) in [6.45, 7) is 3.95. The van der Waals surface area contributed by atoms with Gasteiger partial charge in [-0.25, -0.2) is 4.79 Å². The van der Waals surface area contributed by atoms with E-state index in [1.54, 1.807) is 0 Å². The molecule has 1 heterocycles. The van der Waals surface area contributed by atoms with Crippen molar-refractivity contribution in [2.75, 3.05) is 20.1 Å². The first-order valence-electron chi connectivity index (χ1n) is 6.02. The van der Waals surface area contributed by atoms with Crippen LogP contribution < -0.4 is 15.5 Å². The van der Waals surface area contributed by atoms with E-state index in [4.69, 9.17) is 0 Å². The highest BCUT2D eigenvalue weighted by atomic mass is 16.2. The van der Waals surface area contributed by atoms with Crippen molar-refractivity contribution in [3.05, 3.63) is 0 Å². The van der Waals surface area contributed by atoms with E-state index in [1.807, 2.05) is 6.92 Å². The second-order valence-corrected chi connectivity index (χ2v) is 4.36. The summed E-state index contributed by atoms with van der Waals surface area (Å²) in [7, 11) is 1.51. The molecule has 0 aromatic heterocycles. The largest absolute Gasteiger partial charge is 0.341 e. The molecule has 0 bridgehead atoms. The molecular formula is C11H22N3O2+. The lowest BCUT2D eigenvalue weighted by Crippen LogP contribution is -3.16. The number of nitrogens with one attached hydrogen (secondary N) is 3. The molecule has 0 aromatic carbocycles. The van der Waals surface area contributed by atoms with Gasteiger partial charge in [-0.05, 0) is 32.6 Å². The maximum Gasteiger partial charge on any atom is 0.321 e. The molecule has 1 rings (SSSR count). The van der Waals surface area contributed by atoms with Gasteiger partial charge in [0, 0.05) is 7.05 Å². The summed E-state index contributed by atoms with van der Waals surface area (Å²) < 4.78 is 0. The third kappa shape index (κ3) is 3.81. The van der Waals surface area contributed by atoms with Gasteiger partial charge in [0.15, 0.2) is 6.04 Å². The van der Waals surface area contributed by atoms with Crippen molar-refractivity contribution in [3.63, 3.8) is 0 Å². The number of carbonyl (C=O) groups excluding carboxylic acids is 2. The van der Waals surface area contributed by atoms with Crippen LogP contribution in [0.3, 0.4) is 0 Å².